The van der Waals surface area contributed by atoms with Gasteiger partial charge in [-0.3, -0.25) is 9.69 Å². The van der Waals surface area contributed by atoms with Crippen molar-refractivity contribution in [3.63, 3.8) is 0 Å². The van der Waals surface area contributed by atoms with Gasteiger partial charge in [-0.2, -0.15) is 0 Å². The fraction of sp³-hybridized carbons (Fsp3) is 0.417. The van der Waals surface area contributed by atoms with Gasteiger partial charge >= 0.3 is 5.97 Å². The lowest BCUT2D eigenvalue weighted by atomic mass is 10.0. The van der Waals surface area contributed by atoms with Crippen molar-refractivity contribution in [2.75, 3.05) is 0 Å². The molecule has 1 aliphatic rings. The van der Waals surface area contributed by atoms with Crippen LogP contribution in [-0.2, 0) is 24.3 Å². The standard InChI is InChI=1S/C12H14N4O2S/c1-7-15-8(5-19-7)3-16-4-10-9(13-6-14-10)2-11(16)12(17)18/h5-6,11H,2-4H2,1H3,(H,13,14)(H,17,18)/t11-/m1/s1. The normalized spacial score (nSPS) is 19.3. The Kier molecular flexibility index (Phi) is 3.08. The molecule has 0 unspecified atom stereocenters. The molecule has 0 radical (unpaired) electrons. The predicted molar refractivity (Wildman–Crippen MR) is 69.8 cm³/mol. The van der Waals surface area contributed by atoms with E-state index in [0.29, 0.717) is 19.5 Å². The Hall–Kier alpha value is -1.73. The van der Waals surface area contributed by atoms with Crippen molar-refractivity contribution in [3.05, 3.63) is 33.8 Å². The van der Waals surface area contributed by atoms with Crippen molar-refractivity contribution < 1.29 is 9.90 Å². The number of hydrogen-bond donors (Lipinski definition) is 2. The Bertz CT molecular complexity index is 606. The number of aromatic nitrogens is 3. The second-order valence-corrected chi connectivity index (χ2v) is 5.71. The summed E-state index contributed by atoms with van der Waals surface area (Å²) >= 11 is 1.58. The highest BCUT2D eigenvalue weighted by atomic mass is 32.1. The van der Waals surface area contributed by atoms with Crippen molar-refractivity contribution in [2.24, 2.45) is 0 Å². The molecule has 1 atom stereocenters. The first kappa shape index (κ1) is 12.3. The largest absolute Gasteiger partial charge is 0.480 e. The maximum Gasteiger partial charge on any atom is 0.321 e. The minimum atomic E-state index is -0.805. The number of aromatic amines is 1. The number of hydrogen-bond acceptors (Lipinski definition) is 5. The highest BCUT2D eigenvalue weighted by molar-refractivity contribution is 7.09. The Morgan fingerprint density at radius 3 is 3.21 bits per heavy atom. The molecule has 0 bridgehead atoms. The van der Waals surface area contributed by atoms with Crippen LogP contribution >= 0.6 is 11.3 Å². The maximum atomic E-state index is 11.4. The van der Waals surface area contributed by atoms with Crippen molar-refractivity contribution in [1.29, 1.82) is 0 Å². The minimum absolute atomic E-state index is 0.442. The van der Waals surface area contributed by atoms with E-state index in [9.17, 15) is 9.90 Å². The van der Waals surface area contributed by atoms with E-state index in [-0.39, 0.29) is 0 Å². The van der Waals surface area contributed by atoms with E-state index in [4.69, 9.17) is 0 Å². The molecule has 2 aromatic heterocycles. The van der Waals surface area contributed by atoms with Crippen LogP contribution in [0.4, 0.5) is 0 Å². The number of carbonyl (C=O) groups is 1. The van der Waals surface area contributed by atoms with Gasteiger partial charge in [0.2, 0.25) is 0 Å². The van der Waals surface area contributed by atoms with Crippen molar-refractivity contribution in [1.82, 2.24) is 19.9 Å². The van der Waals surface area contributed by atoms with Crippen LogP contribution in [0.15, 0.2) is 11.7 Å². The molecule has 7 heteroatoms. The van der Waals surface area contributed by atoms with Crippen molar-refractivity contribution >= 4 is 17.3 Å². The molecule has 0 aromatic carbocycles. The first-order valence-electron chi connectivity index (χ1n) is 6.02. The summed E-state index contributed by atoms with van der Waals surface area (Å²) in [6.07, 6.45) is 2.07. The molecule has 2 N–H and O–H groups in total. The van der Waals surface area contributed by atoms with E-state index in [2.05, 4.69) is 15.0 Å². The number of aliphatic carboxylic acids is 1. The second-order valence-electron chi connectivity index (χ2n) is 4.65. The van der Waals surface area contributed by atoms with Gasteiger partial charge in [-0.05, 0) is 6.92 Å². The van der Waals surface area contributed by atoms with Crippen molar-refractivity contribution in [2.45, 2.75) is 32.5 Å². The Morgan fingerprint density at radius 2 is 2.53 bits per heavy atom. The van der Waals surface area contributed by atoms with Crippen LogP contribution in [0.3, 0.4) is 0 Å². The van der Waals surface area contributed by atoms with Crippen LogP contribution in [0.2, 0.25) is 0 Å². The Balaban J connectivity index is 1.84. The number of nitrogens with one attached hydrogen (secondary N) is 1. The number of H-pyrrole nitrogens is 1. The summed E-state index contributed by atoms with van der Waals surface area (Å²) in [7, 11) is 0. The summed E-state index contributed by atoms with van der Waals surface area (Å²) in [5.74, 6) is -0.805. The first-order valence-corrected chi connectivity index (χ1v) is 6.90. The monoisotopic (exact) mass is 278 g/mol. The van der Waals surface area contributed by atoms with Gasteiger partial charge in [-0.25, -0.2) is 9.97 Å². The number of nitrogens with zero attached hydrogens (tertiary/aromatic N) is 3. The molecule has 6 nitrogen and oxygen atoms in total. The van der Waals surface area contributed by atoms with Crippen LogP contribution in [0, 0.1) is 6.92 Å². The van der Waals surface area contributed by atoms with Gasteiger partial charge in [-0.1, -0.05) is 0 Å². The van der Waals surface area contributed by atoms with Gasteiger partial charge < -0.3 is 10.1 Å². The molecular formula is C12H14N4O2S. The van der Waals surface area contributed by atoms with E-state index in [0.717, 1.165) is 22.1 Å². The predicted octanol–water partition coefficient (Wildman–Crippen LogP) is 1.19. The van der Waals surface area contributed by atoms with E-state index in [1.165, 1.54) is 0 Å². The molecule has 0 fully saturated rings. The fourth-order valence-electron chi connectivity index (χ4n) is 2.39. The molecule has 100 valence electrons. The average Bonchev–Trinajstić information content (AvgIpc) is 2.96. The first-order chi connectivity index (χ1) is 9.13. The molecule has 19 heavy (non-hydrogen) atoms. The van der Waals surface area contributed by atoms with Crippen LogP contribution in [0.5, 0.6) is 0 Å². The molecule has 0 saturated carbocycles. The lowest BCUT2D eigenvalue weighted by Gasteiger charge is -2.31. The minimum Gasteiger partial charge on any atom is -0.480 e. The Labute approximate surface area is 114 Å². The van der Waals surface area contributed by atoms with Gasteiger partial charge in [0, 0.05) is 24.9 Å². The molecule has 0 aliphatic carbocycles. The van der Waals surface area contributed by atoms with E-state index in [1.54, 1.807) is 17.7 Å². The number of aryl methyl sites for hydroxylation is 1. The maximum absolute atomic E-state index is 11.4. The van der Waals surface area contributed by atoms with Crippen LogP contribution in [-0.4, -0.2) is 37.0 Å². The fourth-order valence-corrected chi connectivity index (χ4v) is 2.99. The summed E-state index contributed by atoms with van der Waals surface area (Å²) in [4.78, 5) is 25.0. The highest BCUT2D eigenvalue weighted by Crippen LogP contribution is 2.23. The van der Waals surface area contributed by atoms with Crippen LogP contribution in [0.25, 0.3) is 0 Å². The van der Waals surface area contributed by atoms with Gasteiger partial charge in [0.15, 0.2) is 0 Å². The number of fused-ring (bicyclic) bond motifs is 1. The van der Waals surface area contributed by atoms with Crippen LogP contribution < -0.4 is 0 Å². The number of carboxylic acids is 1. The summed E-state index contributed by atoms with van der Waals surface area (Å²) in [6.45, 7) is 3.08. The molecular weight excluding hydrogens is 264 g/mol. The molecule has 0 spiro atoms. The summed E-state index contributed by atoms with van der Waals surface area (Å²) < 4.78 is 0. The topological polar surface area (TPSA) is 82.1 Å². The van der Waals surface area contributed by atoms with Gasteiger partial charge in [0.25, 0.3) is 0 Å². The summed E-state index contributed by atoms with van der Waals surface area (Å²) in [6, 6.07) is -0.530. The third kappa shape index (κ3) is 2.39. The number of imidazole rings is 1. The van der Waals surface area contributed by atoms with E-state index < -0.39 is 12.0 Å². The zero-order valence-electron chi connectivity index (χ0n) is 10.5. The zero-order chi connectivity index (χ0) is 13.4. The van der Waals surface area contributed by atoms with Crippen molar-refractivity contribution in [3.8, 4) is 0 Å². The van der Waals surface area contributed by atoms with E-state index in [1.807, 2.05) is 17.2 Å². The molecule has 0 saturated heterocycles. The Morgan fingerprint density at radius 1 is 1.68 bits per heavy atom. The SMILES string of the molecule is Cc1nc(CN2Cc3[nH]cnc3C[C@@H]2C(=O)O)cs1. The average molecular weight is 278 g/mol. The van der Waals surface area contributed by atoms with E-state index >= 15 is 0 Å². The number of carboxylic acid groups (broad SMARTS) is 1. The second kappa shape index (κ2) is 4.75. The smallest absolute Gasteiger partial charge is 0.321 e. The van der Waals surface area contributed by atoms with Crippen LogP contribution in [0.1, 0.15) is 22.1 Å². The number of thiazole rings is 1. The summed E-state index contributed by atoms with van der Waals surface area (Å²) in [5.41, 5.74) is 2.79. The quantitative estimate of drug-likeness (QED) is 0.881. The lowest BCUT2D eigenvalue weighted by molar-refractivity contribution is -0.144. The summed E-state index contributed by atoms with van der Waals surface area (Å²) in [5, 5.41) is 12.3. The third-order valence-electron chi connectivity index (χ3n) is 3.31. The molecule has 3 heterocycles. The zero-order valence-corrected chi connectivity index (χ0v) is 11.3. The molecule has 2 aromatic rings. The lowest BCUT2D eigenvalue weighted by Crippen LogP contribution is -2.45. The van der Waals surface area contributed by atoms with Gasteiger partial charge in [0.05, 0.1) is 28.4 Å². The van der Waals surface area contributed by atoms with Gasteiger partial charge in [-0.15, -0.1) is 11.3 Å². The molecule has 1 aliphatic heterocycles. The third-order valence-corrected chi connectivity index (χ3v) is 4.14. The molecule has 3 rings (SSSR count). The van der Waals surface area contributed by atoms with Gasteiger partial charge in [0.1, 0.15) is 6.04 Å². The highest BCUT2D eigenvalue weighted by Gasteiger charge is 2.33. The number of rotatable bonds is 3. The molecule has 0 amide bonds.